The number of esters is 1. The molecule has 1 aromatic heterocycles. The minimum atomic E-state index is -0.644. The first-order valence-electron chi connectivity index (χ1n) is 7.06. The van der Waals surface area contributed by atoms with E-state index in [2.05, 4.69) is 15.3 Å². The first-order valence-corrected chi connectivity index (χ1v) is 7.06. The maximum Gasteiger partial charge on any atom is 0.328 e. The van der Waals surface area contributed by atoms with E-state index < -0.39 is 12.0 Å². The van der Waals surface area contributed by atoms with Gasteiger partial charge in [0, 0.05) is 24.2 Å². The van der Waals surface area contributed by atoms with E-state index in [1.165, 1.54) is 13.5 Å². The number of aromatic amines is 1. The Morgan fingerprint density at radius 2 is 2.25 bits per heavy atom. The van der Waals surface area contributed by atoms with E-state index >= 15 is 0 Å². The second-order valence-electron chi connectivity index (χ2n) is 5.65. The van der Waals surface area contributed by atoms with Crippen molar-refractivity contribution in [1.29, 1.82) is 0 Å². The zero-order chi connectivity index (χ0) is 14.1. The van der Waals surface area contributed by atoms with Gasteiger partial charge in [0.2, 0.25) is 5.91 Å². The van der Waals surface area contributed by atoms with Gasteiger partial charge >= 0.3 is 5.97 Å². The molecule has 0 spiro atoms. The SMILES string of the molecule is COC(=O)[C@H](Cc1cnc[nH]1)NC(=O)C1C2CCCC21. The first-order chi connectivity index (χ1) is 9.70. The molecule has 1 amide bonds. The molecular weight excluding hydrogens is 258 g/mol. The molecule has 1 heterocycles. The number of carbonyl (C=O) groups excluding carboxylic acids is 2. The highest BCUT2D eigenvalue weighted by Gasteiger charge is 2.56. The van der Waals surface area contributed by atoms with Crippen LogP contribution in [0, 0.1) is 17.8 Å². The number of imidazole rings is 1. The average Bonchev–Trinajstić information content (AvgIpc) is 2.88. The molecule has 2 aliphatic rings. The summed E-state index contributed by atoms with van der Waals surface area (Å²) in [7, 11) is 1.33. The number of H-pyrrole nitrogens is 1. The van der Waals surface area contributed by atoms with E-state index in [1.807, 2.05) is 0 Å². The van der Waals surface area contributed by atoms with Crippen molar-refractivity contribution >= 4 is 11.9 Å². The van der Waals surface area contributed by atoms with Crippen molar-refractivity contribution in [2.75, 3.05) is 7.11 Å². The number of carbonyl (C=O) groups is 2. The van der Waals surface area contributed by atoms with Gasteiger partial charge < -0.3 is 15.0 Å². The largest absolute Gasteiger partial charge is 0.467 e. The number of fused-ring (bicyclic) bond motifs is 1. The third-order valence-electron chi connectivity index (χ3n) is 4.49. The summed E-state index contributed by atoms with van der Waals surface area (Å²) in [4.78, 5) is 30.9. The maximum absolute atomic E-state index is 12.2. The van der Waals surface area contributed by atoms with Crippen LogP contribution in [0.4, 0.5) is 0 Å². The summed E-state index contributed by atoms with van der Waals surface area (Å²) >= 11 is 0. The van der Waals surface area contributed by atoms with Gasteiger partial charge in [0.1, 0.15) is 6.04 Å². The zero-order valence-corrected chi connectivity index (χ0v) is 11.5. The molecule has 6 heteroatoms. The number of methoxy groups -OCH3 is 1. The molecule has 2 N–H and O–H groups in total. The van der Waals surface area contributed by atoms with Crippen LogP contribution in [0.25, 0.3) is 0 Å². The standard InChI is InChI=1S/C14H19N3O3/c1-20-14(19)11(5-8-6-15-7-16-8)17-13(18)12-9-3-2-4-10(9)12/h6-7,9-12H,2-5H2,1H3,(H,15,16)(H,17,18)/t9?,10?,11-,12?/m0/s1. The van der Waals surface area contributed by atoms with E-state index in [9.17, 15) is 9.59 Å². The maximum atomic E-state index is 12.2. The van der Waals surface area contributed by atoms with E-state index in [0.717, 1.165) is 18.5 Å². The number of hydrogen-bond acceptors (Lipinski definition) is 4. The number of ether oxygens (including phenoxy) is 1. The fraction of sp³-hybridized carbons (Fsp3) is 0.643. The van der Waals surface area contributed by atoms with E-state index in [0.29, 0.717) is 18.3 Å². The van der Waals surface area contributed by atoms with Crippen LogP contribution in [-0.4, -0.2) is 35.0 Å². The normalized spacial score (nSPS) is 28.6. The number of aromatic nitrogens is 2. The summed E-state index contributed by atoms with van der Waals surface area (Å²) in [6.07, 6.45) is 7.09. The molecular formula is C14H19N3O3. The van der Waals surface area contributed by atoms with E-state index in [4.69, 9.17) is 4.74 Å². The molecule has 0 aromatic carbocycles. The molecule has 2 aliphatic carbocycles. The number of hydrogen-bond donors (Lipinski definition) is 2. The van der Waals surface area contributed by atoms with Crippen LogP contribution in [0.3, 0.4) is 0 Å². The Hall–Kier alpha value is -1.85. The molecule has 0 saturated heterocycles. The highest BCUT2D eigenvalue weighted by Crippen LogP contribution is 2.57. The summed E-state index contributed by atoms with van der Waals surface area (Å²) in [6, 6.07) is -0.644. The predicted molar refractivity (Wildman–Crippen MR) is 70.6 cm³/mol. The molecule has 108 valence electrons. The molecule has 0 radical (unpaired) electrons. The first kappa shape index (κ1) is 13.1. The molecule has 3 atom stereocenters. The minimum Gasteiger partial charge on any atom is -0.467 e. The Morgan fingerprint density at radius 1 is 1.50 bits per heavy atom. The highest BCUT2D eigenvalue weighted by molar-refractivity contribution is 5.88. The van der Waals surface area contributed by atoms with Crippen molar-refractivity contribution in [2.45, 2.75) is 31.7 Å². The molecule has 1 aromatic rings. The Bertz CT molecular complexity index is 490. The van der Waals surface area contributed by atoms with Gasteiger partial charge in [-0.15, -0.1) is 0 Å². The fourth-order valence-corrected chi connectivity index (χ4v) is 3.43. The summed E-state index contributed by atoms with van der Waals surface area (Å²) in [5, 5.41) is 2.84. The molecule has 0 aliphatic heterocycles. The fourth-order valence-electron chi connectivity index (χ4n) is 3.43. The van der Waals surface area contributed by atoms with Crippen molar-refractivity contribution in [2.24, 2.45) is 17.8 Å². The summed E-state index contributed by atoms with van der Waals surface area (Å²) < 4.78 is 4.77. The summed E-state index contributed by atoms with van der Waals surface area (Å²) in [5.41, 5.74) is 0.802. The summed E-state index contributed by atoms with van der Waals surface area (Å²) in [5.74, 6) is 0.770. The lowest BCUT2D eigenvalue weighted by Gasteiger charge is -2.16. The lowest BCUT2D eigenvalue weighted by Crippen LogP contribution is -2.44. The highest BCUT2D eigenvalue weighted by atomic mass is 16.5. The predicted octanol–water partition coefficient (Wildman–Crippen LogP) is 0.656. The molecule has 6 nitrogen and oxygen atoms in total. The molecule has 3 rings (SSSR count). The number of nitrogens with zero attached hydrogens (tertiary/aromatic N) is 1. The molecule has 2 saturated carbocycles. The minimum absolute atomic E-state index is 0.00499. The van der Waals surface area contributed by atoms with Gasteiger partial charge in [-0.05, 0) is 24.7 Å². The topological polar surface area (TPSA) is 84.1 Å². The van der Waals surface area contributed by atoms with Gasteiger partial charge in [-0.3, -0.25) is 4.79 Å². The van der Waals surface area contributed by atoms with Gasteiger partial charge in [-0.25, -0.2) is 9.78 Å². The van der Waals surface area contributed by atoms with Gasteiger partial charge in [-0.1, -0.05) is 6.42 Å². The van der Waals surface area contributed by atoms with Crippen LogP contribution in [0.15, 0.2) is 12.5 Å². The molecule has 0 bridgehead atoms. The Labute approximate surface area is 117 Å². The number of amides is 1. The second kappa shape index (κ2) is 5.26. The smallest absolute Gasteiger partial charge is 0.328 e. The Kier molecular flexibility index (Phi) is 3.46. The van der Waals surface area contributed by atoms with Gasteiger partial charge in [0.25, 0.3) is 0 Å². The van der Waals surface area contributed by atoms with Crippen molar-refractivity contribution in [3.05, 3.63) is 18.2 Å². The van der Waals surface area contributed by atoms with E-state index in [-0.39, 0.29) is 11.8 Å². The number of nitrogens with one attached hydrogen (secondary N) is 2. The van der Waals surface area contributed by atoms with Crippen molar-refractivity contribution in [1.82, 2.24) is 15.3 Å². The van der Waals surface area contributed by atoms with Gasteiger partial charge in [0.15, 0.2) is 0 Å². The monoisotopic (exact) mass is 277 g/mol. The van der Waals surface area contributed by atoms with Crippen LogP contribution in [-0.2, 0) is 20.7 Å². The van der Waals surface area contributed by atoms with Gasteiger partial charge in [0.05, 0.1) is 13.4 Å². The van der Waals surface area contributed by atoms with Crippen LogP contribution in [0.1, 0.15) is 25.0 Å². The average molecular weight is 277 g/mol. The Morgan fingerprint density at radius 3 is 2.85 bits per heavy atom. The molecule has 2 fully saturated rings. The lowest BCUT2D eigenvalue weighted by atomic mass is 10.1. The van der Waals surface area contributed by atoms with Crippen LogP contribution >= 0.6 is 0 Å². The molecule has 20 heavy (non-hydrogen) atoms. The number of rotatable bonds is 5. The Balaban J connectivity index is 1.61. The van der Waals surface area contributed by atoms with Crippen LogP contribution in [0.5, 0.6) is 0 Å². The molecule has 2 unspecified atom stereocenters. The summed E-state index contributed by atoms with van der Waals surface area (Å²) in [6.45, 7) is 0. The lowest BCUT2D eigenvalue weighted by molar-refractivity contribution is -0.145. The third-order valence-corrected chi connectivity index (χ3v) is 4.49. The van der Waals surface area contributed by atoms with E-state index in [1.54, 1.807) is 12.5 Å². The van der Waals surface area contributed by atoms with Crippen LogP contribution < -0.4 is 5.32 Å². The zero-order valence-electron chi connectivity index (χ0n) is 11.5. The van der Waals surface area contributed by atoms with Gasteiger partial charge in [-0.2, -0.15) is 0 Å². The quantitative estimate of drug-likeness (QED) is 0.774. The third kappa shape index (κ3) is 2.42. The van der Waals surface area contributed by atoms with Crippen molar-refractivity contribution in [3.8, 4) is 0 Å². The van der Waals surface area contributed by atoms with Crippen molar-refractivity contribution < 1.29 is 14.3 Å². The van der Waals surface area contributed by atoms with Crippen LogP contribution in [0.2, 0.25) is 0 Å². The van der Waals surface area contributed by atoms with Crippen molar-refractivity contribution in [3.63, 3.8) is 0 Å². The second-order valence-corrected chi connectivity index (χ2v) is 5.65.